The molecule has 72 heavy (non-hydrogen) atoms. The summed E-state index contributed by atoms with van der Waals surface area (Å²) in [5.41, 5.74) is 14.9. The lowest BCUT2D eigenvalue weighted by molar-refractivity contribution is 0.591. The first-order valence-corrected chi connectivity index (χ1v) is 25.0. The summed E-state index contributed by atoms with van der Waals surface area (Å²) in [6.07, 6.45) is 0. The highest BCUT2D eigenvalue weighted by atomic mass is 15.2. The Kier molecular flexibility index (Phi) is 9.43. The molecule has 0 bridgehead atoms. The van der Waals surface area contributed by atoms with Gasteiger partial charge in [-0.1, -0.05) is 166 Å². The van der Waals surface area contributed by atoms with Gasteiger partial charge >= 0.3 is 0 Å². The summed E-state index contributed by atoms with van der Waals surface area (Å²) in [5.74, 6) is 0. The average Bonchev–Trinajstić information content (AvgIpc) is 3.94. The van der Waals surface area contributed by atoms with Crippen molar-refractivity contribution in [3.8, 4) is 11.4 Å². The van der Waals surface area contributed by atoms with Crippen LogP contribution in [-0.4, -0.2) is 9.13 Å². The summed E-state index contributed by atoms with van der Waals surface area (Å²) >= 11 is 0. The number of anilines is 6. The van der Waals surface area contributed by atoms with Gasteiger partial charge in [0.2, 0.25) is 0 Å². The molecule has 2 aromatic heterocycles. The Hall–Kier alpha value is -9.12. The molecule has 342 valence electrons. The molecule has 2 heterocycles. The van der Waals surface area contributed by atoms with Crippen molar-refractivity contribution in [3.05, 3.63) is 254 Å². The summed E-state index contributed by atoms with van der Waals surface area (Å²) in [4.78, 5) is 4.98. The Balaban J connectivity index is 1.08. The van der Waals surface area contributed by atoms with E-state index in [-0.39, 0.29) is 5.41 Å². The van der Waals surface area contributed by atoms with Crippen LogP contribution in [0.1, 0.15) is 26.3 Å². The SMILES string of the molecule is CC(C)(C)c1cc2ccc3c(N(c4ccccc4)c4ccc5c(c4)c4ccccc4n5-c4ccccc4)cc(N(c4ccccc4)c4ccc5c(c4)c4ccccc4n5-c4ccccc4)c4ccc(c1)c2c34. The Morgan fingerprint density at radius 2 is 0.681 bits per heavy atom. The van der Waals surface area contributed by atoms with Crippen molar-refractivity contribution in [1.82, 2.24) is 9.13 Å². The van der Waals surface area contributed by atoms with E-state index in [0.29, 0.717) is 0 Å². The van der Waals surface area contributed by atoms with Gasteiger partial charge in [0.25, 0.3) is 0 Å². The largest absolute Gasteiger partial charge is 0.310 e. The van der Waals surface area contributed by atoms with Crippen LogP contribution >= 0.6 is 0 Å². The molecule has 4 heteroatoms. The van der Waals surface area contributed by atoms with E-state index in [2.05, 4.69) is 288 Å². The number of aromatic nitrogens is 2. The van der Waals surface area contributed by atoms with Crippen molar-refractivity contribution >= 4 is 110 Å². The lowest BCUT2D eigenvalue weighted by atomic mass is 9.83. The van der Waals surface area contributed by atoms with E-state index in [1.54, 1.807) is 0 Å². The predicted octanol–water partition coefficient (Wildman–Crippen LogP) is 19.0. The molecule has 0 radical (unpaired) electrons. The van der Waals surface area contributed by atoms with Crippen LogP contribution in [0.25, 0.3) is 87.3 Å². The molecule has 4 nitrogen and oxygen atoms in total. The monoisotopic (exact) mass is 922 g/mol. The van der Waals surface area contributed by atoms with E-state index in [0.717, 1.165) is 45.5 Å². The van der Waals surface area contributed by atoms with Crippen LogP contribution in [0.5, 0.6) is 0 Å². The van der Waals surface area contributed by atoms with E-state index in [4.69, 9.17) is 0 Å². The van der Waals surface area contributed by atoms with Crippen molar-refractivity contribution in [2.75, 3.05) is 9.80 Å². The maximum Gasteiger partial charge on any atom is 0.0561 e. The van der Waals surface area contributed by atoms with Crippen LogP contribution in [0.4, 0.5) is 34.1 Å². The minimum Gasteiger partial charge on any atom is -0.310 e. The van der Waals surface area contributed by atoms with Gasteiger partial charge in [0.1, 0.15) is 0 Å². The maximum absolute atomic E-state index is 2.49. The first-order valence-electron chi connectivity index (χ1n) is 25.0. The van der Waals surface area contributed by atoms with Crippen LogP contribution in [0.2, 0.25) is 0 Å². The predicted molar refractivity (Wildman–Crippen MR) is 307 cm³/mol. The third-order valence-electron chi connectivity index (χ3n) is 14.9. The van der Waals surface area contributed by atoms with Crippen molar-refractivity contribution in [2.24, 2.45) is 0 Å². The molecule has 0 fully saturated rings. The van der Waals surface area contributed by atoms with E-state index in [1.807, 2.05) is 0 Å². The van der Waals surface area contributed by atoms with Gasteiger partial charge in [-0.15, -0.1) is 0 Å². The number of rotatable bonds is 8. The molecule has 0 aliphatic heterocycles. The van der Waals surface area contributed by atoms with Crippen LogP contribution in [0.3, 0.4) is 0 Å². The third-order valence-corrected chi connectivity index (χ3v) is 14.9. The molecule has 0 spiro atoms. The van der Waals surface area contributed by atoms with Crippen molar-refractivity contribution in [1.29, 1.82) is 0 Å². The highest BCUT2D eigenvalue weighted by molar-refractivity contribution is 6.29. The van der Waals surface area contributed by atoms with Crippen molar-refractivity contribution in [2.45, 2.75) is 26.2 Å². The summed E-state index contributed by atoms with van der Waals surface area (Å²) < 4.78 is 4.79. The van der Waals surface area contributed by atoms with Gasteiger partial charge in [0, 0.05) is 71.8 Å². The molecule has 0 atom stereocenters. The normalized spacial score (nSPS) is 12.1. The van der Waals surface area contributed by atoms with E-state index < -0.39 is 0 Å². The van der Waals surface area contributed by atoms with Crippen LogP contribution < -0.4 is 9.80 Å². The Morgan fingerprint density at radius 1 is 0.292 bits per heavy atom. The summed E-state index contributed by atoms with van der Waals surface area (Å²) in [5, 5.41) is 12.3. The number of para-hydroxylation sites is 6. The van der Waals surface area contributed by atoms with Gasteiger partial charge in [-0.25, -0.2) is 0 Å². The van der Waals surface area contributed by atoms with Crippen LogP contribution in [0, 0.1) is 0 Å². The molecule has 14 rings (SSSR count). The third kappa shape index (κ3) is 6.53. The number of benzene rings is 12. The zero-order chi connectivity index (χ0) is 48.1. The number of nitrogens with zero attached hydrogens (tertiary/aromatic N) is 4. The summed E-state index contributed by atoms with van der Waals surface area (Å²) in [6, 6.07) is 91.7. The van der Waals surface area contributed by atoms with E-state index >= 15 is 0 Å². The second-order valence-corrected chi connectivity index (χ2v) is 20.2. The molecular weight excluding hydrogens is 873 g/mol. The fourth-order valence-corrected chi connectivity index (χ4v) is 11.6. The average molecular weight is 923 g/mol. The molecule has 0 aliphatic carbocycles. The Labute approximate surface area is 418 Å². The molecule has 12 aromatic carbocycles. The minimum absolute atomic E-state index is 0.0143. The zero-order valence-electron chi connectivity index (χ0n) is 40.5. The number of hydrogen-bond donors (Lipinski definition) is 0. The number of fused-ring (bicyclic) bond motifs is 6. The topological polar surface area (TPSA) is 16.3 Å². The molecule has 0 aliphatic rings. The van der Waals surface area contributed by atoms with Gasteiger partial charge in [0.15, 0.2) is 0 Å². The highest BCUT2D eigenvalue weighted by Gasteiger charge is 2.27. The van der Waals surface area contributed by atoms with Gasteiger partial charge in [-0.2, -0.15) is 0 Å². The fourth-order valence-electron chi connectivity index (χ4n) is 11.6. The van der Waals surface area contributed by atoms with E-state index in [1.165, 1.54) is 81.5 Å². The van der Waals surface area contributed by atoms with E-state index in [9.17, 15) is 0 Å². The fraction of sp³-hybridized carbons (Fsp3) is 0.0588. The van der Waals surface area contributed by atoms with Crippen molar-refractivity contribution < 1.29 is 0 Å². The van der Waals surface area contributed by atoms with Gasteiger partial charge in [-0.3, -0.25) is 0 Å². The van der Waals surface area contributed by atoms with Gasteiger partial charge < -0.3 is 18.9 Å². The Morgan fingerprint density at radius 3 is 1.11 bits per heavy atom. The molecule has 0 saturated carbocycles. The summed E-state index contributed by atoms with van der Waals surface area (Å²) in [7, 11) is 0. The first kappa shape index (κ1) is 41.8. The summed E-state index contributed by atoms with van der Waals surface area (Å²) in [6.45, 7) is 6.94. The zero-order valence-corrected chi connectivity index (χ0v) is 40.5. The second kappa shape index (κ2) is 16.2. The molecule has 14 aromatic rings. The smallest absolute Gasteiger partial charge is 0.0561 e. The lowest BCUT2D eigenvalue weighted by Gasteiger charge is -2.32. The van der Waals surface area contributed by atoms with Gasteiger partial charge in [-0.05, 0) is 130 Å². The van der Waals surface area contributed by atoms with Crippen LogP contribution in [0.15, 0.2) is 249 Å². The standard InChI is InChI=1S/C68H50N4/c1-68(2,3)47-40-45-32-36-56-64(69(48-20-8-4-9-21-48)52-34-38-62-58(42-52)54-28-16-18-30-60(54)71(62)50-24-12-6-13-25-50)44-65(57-37-33-46(41-47)66(45)67(56)57)70(49-22-10-5-11-23-49)53-35-39-63-59(43-53)55-29-17-19-31-61(55)72(63)51-26-14-7-15-27-51/h4-44H,1-3H3. The van der Waals surface area contributed by atoms with Crippen molar-refractivity contribution in [3.63, 3.8) is 0 Å². The maximum atomic E-state index is 2.49. The highest BCUT2D eigenvalue weighted by Crippen LogP contribution is 2.52. The molecule has 0 amide bonds. The van der Waals surface area contributed by atoms with Gasteiger partial charge in [0.05, 0.1) is 33.4 Å². The molecule has 0 saturated heterocycles. The second-order valence-electron chi connectivity index (χ2n) is 20.2. The minimum atomic E-state index is -0.0143. The lowest BCUT2D eigenvalue weighted by Crippen LogP contribution is -2.15. The Bertz CT molecular complexity index is 4090. The molecule has 0 N–H and O–H groups in total. The van der Waals surface area contributed by atoms with Crippen LogP contribution in [-0.2, 0) is 5.41 Å². The molecule has 0 unspecified atom stereocenters. The molecular formula is C68H50N4. The quantitative estimate of drug-likeness (QED) is 0.141. The first-order chi connectivity index (χ1) is 35.4. The number of hydrogen-bond acceptors (Lipinski definition) is 2.